The predicted octanol–water partition coefficient (Wildman–Crippen LogP) is 4.04. The molecule has 182 valence electrons. The molecular formula is C28H25ClN4O3. The van der Waals surface area contributed by atoms with Gasteiger partial charge in [-0.05, 0) is 22.8 Å². The Balaban J connectivity index is 1.37. The molecule has 1 atom stereocenters. The van der Waals surface area contributed by atoms with Crippen LogP contribution in [-0.2, 0) is 9.59 Å². The van der Waals surface area contributed by atoms with Gasteiger partial charge in [0, 0.05) is 12.1 Å². The lowest BCUT2D eigenvalue weighted by Crippen LogP contribution is -2.45. The van der Waals surface area contributed by atoms with Crippen molar-refractivity contribution in [3.05, 3.63) is 118 Å². The van der Waals surface area contributed by atoms with Crippen molar-refractivity contribution in [3.8, 4) is 0 Å². The molecule has 0 fully saturated rings. The van der Waals surface area contributed by atoms with Crippen LogP contribution in [0.5, 0.6) is 0 Å². The maximum absolute atomic E-state index is 13.5. The topological polar surface area (TPSA) is 81.8 Å². The van der Waals surface area contributed by atoms with Gasteiger partial charge in [0.25, 0.3) is 5.91 Å². The van der Waals surface area contributed by atoms with Gasteiger partial charge in [0.05, 0.1) is 29.9 Å². The van der Waals surface area contributed by atoms with E-state index in [1.54, 1.807) is 25.2 Å². The van der Waals surface area contributed by atoms with Crippen molar-refractivity contribution in [1.29, 1.82) is 0 Å². The van der Waals surface area contributed by atoms with Crippen LogP contribution in [0.4, 0.5) is 4.79 Å². The highest BCUT2D eigenvalue weighted by Crippen LogP contribution is 2.37. The SMILES string of the molecule is CN1C(=O)N[C@@H](c2ccccc2Cl)C2=C1CN(CC(=O)NC(c1ccccc1)c1ccccc1)C2=O. The lowest BCUT2D eigenvalue weighted by atomic mass is 9.95. The Morgan fingerprint density at radius 2 is 1.56 bits per heavy atom. The number of nitrogens with zero attached hydrogens (tertiary/aromatic N) is 2. The van der Waals surface area contributed by atoms with E-state index in [1.807, 2.05) is 66.7 Å². The third kappa shape index (κ3) is 4.45. The summed E-state index contributed by atoms with van der Waals surface area (Å²) in [5.74, 6) is -0.593. The number of hydrogen-bond acceptors (Lipinski definition) is 3. The first-order valence-electron chi connectivity index (χ1n) is 11.6. The van der Waals surface area contributed by atoms with Gasteiger partial charge in [0.1, 0.15) is 6.54 Å². The third-order valence-electron chi connectivity index (χ3n) is 6.56. The second-order valence-electron chi connectivity index (χ2n) is 8.81. The molecule has 0 spiro atoms. The maximum atomic E-state index is 13.5. The zero-order chi connectivity index (χ0) is 25.2. The van der Waals surface area contributed by atoms with E-state index in [4.69, 9.17) is 11.6 Å². The molecule has 5 rings (SSSR count). The molecule has 0 radical (unpaired) electrons. The molecule has 3 aromatic carbocycles. The van der Waals surface area contributed by atoms with Gasteiger partial charge in [-0.25, -0.2) is 4.79 Å². The molecule has 3 aromatic rings. The van der Waals surface area contributed by atoms with Gasteiger partial charge in [-0.2, -0.15) is 0 Å². The molecule has 2 aliphatic rings. The van der Waals surface area contributed by atoms with Crippen LogP contribution in [0.15, 0.2) is 96.2 Å². The van der Waals surface area contributed by atoms with Crippen molar-refractivity contribution in [1.82, 2.24) is 20.4 Å². The van der Waals surface area contributed by atoms with Crippen molar-refractivity contribution < 1.29 is 14.4 Å². The zero-order valence-corrected chi connectivity index (χ0v) is 20.4. The number of urea groups is 1. The van der Waals surface area contributed by atoms with Crippen molar-refractivity contribution in [3.63, 3.8) is 0 Å². The molecule has 0 bridgehead atoms. The van der Waals surface area contributed by atoms with Crippen LogP contribution >= 0.6 is 11.6 Å². The average Bonchev–Trinajstić information content (AvgIpc) is 3.22. The number of likely N-dealkylation sites (N-methyl/N-ethyl adjacent to an activating group) is 1. The molecule has 8 heteroatoms. The molecule has 4 amide bonds. The quantitative estimate of drug-likeness (QED) is 0.536. The fraction of sp³-hybridized carbons (Fsp3) is 0.179. The van der Waals surface area contributed by atoms with E-state index in [0.717, 1.165) is 11.1 Å². The number of carbonyl (C=O) groups is 3. The highest BCUT2D eigenvalue weighted by Gasteiger charge is 2.43. The summed E-state index contributed by atoms with van der Waals surface area (Å²) in [6, 6.07) is 25.1. The second-order valence-corrected chi connectivity index (χ2v) is 9.21. The molecule has 0 unspecified atom stereocenters. The van der Waals surface area contributed by atoms with Crippen LogP contribution < -0.4 is 10.6 Å². The fourth-order valence-electron chi connectivity index (χ4n) is 4.72. The number of carbonyl (C=O) groups excluding carboxylic acids is 3. The number of rotatable bonds is 6. The number of amides is 4. The number of hydrogen-bond donors (Lipinski definition) is 2. The van der Waals surface area contributed by atoms with Gasteiger partial charge in [-0.1, -0.05) is 90.5 Å². The Morgan fingerprint density at radius 3 is 2.17 bits per heavy atom. The maximum Gasteiger partial charge on any atom is 0.322 e. The summed E-state index contributed by atoms with van der Waals surface area (Å²) in [7, 11) is 1.62. The lowest BCUT2D eigenvalue weighted by Gasteiger charge is -2.31. The summed E-state index contributed by atoms with van der Waals surface area (Å²) >= 11 is 6.40. The van der Waals surface area contributed by atoms with Crippen molar-refractivity contribution in [2.75, 3.05) is 20.1 Å². The van der Waals surface area contributed by atoms with Crippen LogP contribution in [-0.4, -0.2) is 47.8 Å². The lowest BCUT2D eigenvalue weighted by molar-refractivity contribution is -0.132. The van der Waals surface area contributed by atoms with Crippen molar-refractivity contribution in [2.24, 2.45) is 0 Å². The van der Waals surface area contributed by atoms with Crippen LogP contribution in [0, 0.1) is 0 Å². The Bertz CT molecular complexity index is 1300. The van der Waals surface area contributed by atoms with E-state index in [0.29, 0.717) is 21.9 Å². The third-order valence-corrected chi connectivity index (χ3v) is 6.90. The summed E-state index contributed by atoms with van der Waals surface area (Å²) in [5.41, 5.74) is 3.52. The summed E-state index contributed by atoms with van der Waals surface area (Å²) in [4.78, 5) is 42.3. The van der Waals surface area contributed by atoms with E-state index < -0.39 is 6.04 Å². The van der Waals surface area contributed by atoms with Gasteiger partial charge < -0.3 is 15.5 Å². The number of halogens is 1. The molecule has 0 aromatic heterocycles. The largest absolute Gasteiger partial charge is 0.344 e. The van der Waals surface area contributed by atoms with Gasteiger partial charge in [0.15, 0.2) is 0 Å². The Morgan fingerprint density at radius 1 is 0.972 bits per heavy atom. The molecule has 0 saturated carbocycles. The minimum atomic E-state index is -0.681. The molecule has 0 aliphatic carbocycles. The molecule has 2 aliphatic heterocycles. The zero-order valence-electron chi connectivity index (χ0n) is 19.6. The van der Waals surface area contributed by atoms with Crippen molar-refractivity contribution in [2.45, 2.75) is 12.1 Å². The highest BCUT2D eigenvalue weighted by molar-refractivity contribution is 6.31. The van der Waals surface area contributed by atoms with Gasteiger partial charge in [-0.15, -0.1) is 0 Å². The Hall–Kier alpha value is -4.10. The fourth-order valence-corrected chi connectivity index (χ4v) is 4.97. The summed E-state index contributed by atoms with van der Waals surface area (Å²) in [6.45, 7) is 0.0209. The van der Waals surface area contributed by atoms with Crippen molar-refractivity contribution >= 4 is 29.4 Å². The first-order chi connectivity index (χ1) is 17.4. The highest BCUT2D eigenvalue weighted by atomic mass is 35.5. The van der Waals surface area contributed by atoms with Gasteiger partial charge >= 0.3 is 6.03 Å². The summed E-state index contributed by atoms with van der Waals surface area (Å²) in [6.07, 6.45) is 0. The Labute approximate surface area is 214 Å². The van der Waals surface area contributed by atoms with Crippen LogP contribution in [0.1, 0.15) is 28.8 Å². The normalized spacial score (nSPS) is 17.4. The molecule has 7 nitrogen and oxygen atoms in total. The minimum Gasteiger partial charge on any atom is -0.344 e. The van der Waals surface area contributed by atoms with Crippen LogP contribution in [0.2, 0.25) is 5.02 Å². The van der Waals surface area contributed by atoms with E-state index >= 15 is 0 Å². The molecule has 0 saturated heterocycles. The summed E-state index contributed by atoms with van der Waals surface area (Å²) < 4.78 is 0. The smallest absolute Gasteiger partial charge is 0.322 e. The molecule has 2 heterocycles. The van der Waals surface area contributed by atoms with Gasteiger partial charge in [-0.3, -0.25) is 14.5 Å². The van der Waals surface area contributed by atoms with Crippen LogP contribution in [0.25, 0.3) is 0 Å². The van der Waals surface area contributed by atoms with E-state index in [2.05, 4.69) is 10.6 Å². The molecule has 36 heavy (non-hydrogen) atoms. The standard InChI is InChI=1S/C28H25ClN4O3/c1-32-22-16-33(27(35)24(22)26(31-28(32)36)20-14-8-9-15-21(20)29)17-23(34)30-25(18-10-4-2-5-11-18)19-12-6-3-7-13-19/h2-15,25-26H,16-17H2,1H3,(H,30,34)(H,31,36)/t26-/m0/s1. The van der Waals surface area contributed by atoms with Crippen LogP contribution in [0.3, 0.4) is 0 Å². The first kappa shape index (κ1) is 23.6. The predicted molar refractivity (Wildman–Crippen MR) is 137 cm³/mol. The molecule has 2 N–H and O–H groups in total. The minimum absolute atomic E-state index is 0.140. The summed E-state index contributed by atoms with van der Waals surface area (Å²) in [5, 5.41) is 6.41. The number of benzene rings is 3. The van der Waals surface area contributed by atoms with E-state index in [9.17, 15) is 14.4 Å². The molecular weight excluding hydrogens is 476 g/mol. The Kier molecular flexibility index (Phi) is 6.48. The van der Waals surface area contributed by atoms with E-state index in [-0.39, 0.29) is 37.0 Å². The van der Waals surface area contributed by atoms with E-state index in [1.165, 1.54) is 9.80 Å². The first-order valence-corrected chi connectivity index (χ1v) is 12.0. The average molecular weight is 501 g/mol. The second kappa shape index (κ2) is 9.87. The number of nitrogens with one attached hydrogen (secondary N) is 2. The van der Waals surface area contributed by atoms with Gasteiger partial charge in [0.2, 0.25) is 5.91 Å². The monoisotopic (exact) mass is 500 g/mol.